The minimum absolute atomic E-state index is 0.540. The largest absolute Gasteiger partial charge is 0.443 e. The van der Waals surface area contributed by atoms with Gasteiger partial charge in [0.25, 0.3) is 0 Å². The van der Waals surface area contributed by atoms with E-state index in [-0.39, 0.29) is 0 Å². The molecule has 3 N–H and O–H groups in total. The van der Waals surface area contributed by atoms with E-state index in [4.69, 9.17) is 10.6 Å². The van der Waals surface area contributed by atoms with Gasteiger partial charge in [0.1, 0.15) is 5.75 Å². The van der Waals surface area contributed by atoms with E-state index in [2.05, 4.69) is 17.0 Å². The van der Waals surface area contributed by atoms with Crippen LogP contribution >= 0.6 is 0 Å². The minimum atomic E-state index is 0.540. The van der Waals surface area contributed by atoms with Gasteiger partial charge in [-0.3, -0.25) is 5.84 Å². The number of nitrogens with one attached hydrogen (secondary N) is 1. The molecule has 1 aromatic rings. The molecule has 0 bridgehead atoms. The Morgan fingerprint density at radius 1 is 1.39 bits per heavy atom. The third-order valence-electron chi connectivity index (χ3n) is 2.34. The number of para-hydroxylation sites is 1. The topological polar surface area (TPSA) is 59.6 Å². The van der Waals surface area contributed by atoms with Crippen molar-refractivity contribution in [1.29, 1.82) is 0 Å². The number of hydrogen-bond donors (Lipinski definition) is 2. The first kappa shape index (κ1) is 14.0. The monoisotopic (exact) mass is 245 g/mol. The van der Waals surface area contributed by atoms with E-state index in [1.54, 1.807) is 13.1 Å². The molecule has 18 heavy (non-hydrogen) atoms. The second-order valence-corrected chi connectivity index (χ2v) is 3.98. The molecule has 0 atom stereocenters. The van der Waals surface area contributed by atoms with Crippen molar-refractivity contribution in [3.63, 3.8) is 0 Å². The summed E-state index contributed by atoms with van der Waals surface area (Å²) in [6.45, 7) is 9.40. The molecule has 0 spiro atoms. The highest BCUT2D eigenvalue weighted by Crippen LogP contribution is 2.16. The molecular formula is C14H19N3O. The number of aryl methyl sites for hydroxylation is 1. The lowest BCUT2D eigenvalue weighted by Crippen LogP contribution is -2.21. The van der Waals surface area contributed by atoms with Crippen LogP contribution in [0.1, 0.15) is 19.4 Å². The molecule has 1 rings (SSSR count). The highest BCUT2D eigenvalue weighted by Gasteiger charge is 1.99. The van der Waals surface area contributed by atoms with E-state index in [1.807, 2.05) is 38.1 Å². The molecule has 0 saturated heterocycles. The predicted molar refractivity (Wildman–Crippen MR) is 75.1 cm³/mol. The fourth-order valence-corrected chi connectivity index (χ4v) is 1.28. The van der Waals surface area contributed by atoms with Crippen molar-refractivity contribution < 1.29 is 4.74 Å². The molecular weight excluding hydrogens is 226 g/mol. The van der Waals surface area contributed by atoms with Crippen molar-refractivity contribution in [2.45, 2.75) is 20.8 Å². The molecule has 0 aromatic heterocycles. The molecule has 0 unspecified atom stereocenters. The number of nitrogens with zero attached hydrogens (tertiary/aromatic N) is 1. The Morgan fingerprint density at radius 3 is 2.61 bits per heavy atom. The molecule has 0 aliphatic carbocycles. The molecule has 1 aromatic carbocycles. The summed E-state index contributed by atoms with van der Waals surface area (Å²) in [5.74, 6) is 6.68. The van der Waals surface area contributed by atoms with Crippen LogP contribution in [0.3, 0.4) is 0 Å². The second-order valence-electron chi connectivity index (χ2n) is 3.98. The van der Waals surface area contributed by atoms with E-state index < -0.39 is 0 Å². The van der Waals surface area contributed by atoms with Crippen LogP contribution in [0.15, 0.2) is 53.3 Å². The Labute approximate surface area is 108 Å². The van der Waals surface area contributed by atoms with Gasteiger partial charge >= 0.3 is 0 Å². The van der Waals surface area contributed by atoms with Crippen LogP contribution < -0.4 is 16.0 Å². The van der Waals surface area contributed by atoms with Crippen molar-refractivity contribution >= 4 is 5.90 Å². The smallest absolute Gasteiger partial charge is 0.191 e. The minimum Gasteiger partial charge on any atom is -0.443 e. The molecule has 0 aliphatic rings. The first-order valence-electron chi connectivity index (χ1n) is 5.65. The normalized spacial score (nSPS) is 12.2. The van der Waals surface area contributed by atoms with E-state index in [0.717, 1.165) is 16.9 Å². The zero-order chi connectivity index (χ0) is 13.5. The zero-order valence-electron chi connectivity index (χ0n) is 11.0. The van der Waals surface area contributed by atoms with E-state index >= 15 is 0 Å². The van der Waals surface area contributed by atoms with Crippen LogP contribution in [0, 0.1) is 6.92 Å². The summed E-state index contributed by atoms with van der Waals surface area (Å²) >= 11 is 0. The van der Waals surface area contributed by atoms with E-state index in [9.17, 15) is 0 Å². The quantitative estimate of drug-likeness (QED) is 0.282. The van der Waals surface area contributed by atoms with Crippen molar-refractivity contribution in [2.75, 3.05) is 0 Å². The highest BCUT2D eigenvalue weighted by molar-refractivity contribution is 5.76. The van der Waals surface area contributed by atoms with Crippen LogP contribution in [-0.2, 0) is 0 Å². The Hall–Kier alpha value is -2.07. The average Bonchev–Trinajstić information content (AvgIpc) is 2.32. The molecule has 0 radical (unpaired) electrons. The number of aliphatic imine (C=N–C) groups is 1. The predicted octanol–water partition coefficient (Wildman–Crippen LogP) is 2.67. The lowest BCUT2D eigenvalue weighted by molar-refractivity contribution is 0.542. The summed E-state index contributed by atoms with van der Waals surface area (Å²) in [4.78, 5) is 4.18. The van der Waals surface area contributed by atoms with E-state index in [0.29, 0.717) is 11.6 Å². The van der Waals surface area contributed by atoms with Crippen LogP contribution in [0.4, 0.5) is 0 Å². The Bertz CT molecular complexity index is 490. The van der Waals surface area contributed by atoms with Gasteiger partial charge in [-0.05, 0) is 31.1 Å². The molecule has 96 valence electrons. The number of allylic oxidation sites excluding steroid dienone is 1. The lowest BCUT2D eigenvalue weighted by atomic mass is 10.2. The van der Waals surface area contributed by atoms with Crippen molar-refractivity contribution in [1.82, 2.24) is 5.43 Å². The van der Waals surface area contributed by atoms with Crippen molar-refractivity contribution in [3.8, 4) is 5.75 Å². The highest BCUT2D eigenvalue weighted by atomic mass is 16.5. The third-order valence-corrected chi connectivity index (χ3v) is 2.34. The average molecular weight is 245 g/mol. The standard InChI is InChI=1S/C14H19N3O/c1-10(2)13(17-15)9-16-12(4)18-14-8-6-5-7-11(14)3/h5-9,17H,1,15H2,2-4H3/b13-9+,16-12+. The number of hydrogen-bond acceptors (Lipinski definition) is 4. The van der Waals surface area contributed by atoms with Gasteiger partial charge in [0.15, 0.2) is 5.90 Å². The van der Waals surface area contributed by atoms with Gasteiger partial charge in [0.05, 0.1) is 11.9 Å². The summed E-state index contributed by atoms with van der Waals surface area (Å²) < 4.78 is 5.63. The van der Waals surface area contributed by atoms with Crippen LogP contribution in [0.5, 0.6) is 5.75 Å². The second kappa shape index (κ2) is 6.61. The molecule has 0 amide bonds. The van der Waals surface area contributed by atoms with Crippen LogP contribution in [-0.4, -0.2) is 5.90 Å². The van der Waals surface area contributed by atoms with E-state index in [1.165, 1.54) is 0 Å². The fraction of sp³-hybridized carbons (Fsp3) is 0.214. The number of rotatable bonds is 4. The number of benzene rings is 1. The first-order valence-corrected chi connectivity index (χ1v) is 5.65. The van der Waals surface area contributed by atoms with Crippen LogP contribution in [0.25, 0.3) is 0 Å². The van der Waals surface area contributed by atoms with Gasteiger partial charge in [-0.2, -0.15) is 0 Å². The van der Waals surface area contributed by atoms with Crippen LogP contribution in [0.2, 0.25) is 0 Å². The molecule has 4 nitrogen and oxygen atoms in total. The van der Waals surface area contributed by atoms with Gasteiger partial charge in [0.2, 0.25) is 0 Å². The number of hydrazine groups is 1. The van der Waals surface area contributed by atoms with Gasteiger partial charge < -0.3 is 10.2 Å². The molecule has 4 heteroatoms. The summed E-state index contributed by atoms with van der Waals surface area (Å²) in [5, 5.41) is 0. The Kier molecular flexibility index (Phi) is 5.14. The maximum Gasteiger partial charge on any atom is 0.191 e. The summed E-state index contributed by atoms with van der Waals surface area (Å²) in [7, 11) is 0. The first-order chi connectivity index (χ1) is 8.54. The summed E-state index contributed by atoms with van der Waals surface area (Å²) in [6.07, 6.45) is 1.59. The Balaban J connectivity index is 2.80. The SMILES string of the molecule is C=C(C)/C(=C\N=C(/C)Oc1ccccc1C)NN. The Morgan fingerprint density at radius 2 is 2.06 bits per heavy atom. The third kappa shape index (κ3) is 4.07. The molecule has 0 aliphatic heterocycles. The van der Waals surface area contributed by atoms with Gasteiger partial charge in [-0.1, -0.05) is 24.8 Å². The van der Waals surface area contributed by atoms with Gasteiger partial charge in [-0.25, -0.2) is 4.99 Å². The maximum absolute atomic E-state index is 5.63. The molecule has 0 heterocycles. The zero-order valence-corrected chi connectivity index (χ0v) is 11.0. The number of nitrogens with two attached hydrogens (primary N) is 1. The molecule has 0 saturated carbocycles. The summed E-state index contributed by atoms with van der Waals surface area (Å²) in [5.41, 5.74) is 5.07. The van der Waals surface area contributed by atoms with Crippen molar-refractivity contribution in [3.05, 3.63) is 53.9 Å². The van der Waals surface area contributed by atoms with Crippen molar-refractivity contribution in [2.24, 2.45) is 10.8 Å². The number of ether oxygens (including phenoxy) is 1. The maximum atomic E-state index is 5.63. The summed E-state index contributed by atoms with van der Waals surface area (Å²) in [6, 6.07) is 7.77. The molecule has 0 fully saturated rings. The lowest BCUT2D eigenvalue weighted by Gasteiger charge is -2.07. The fourth-order valence-electron chi connectivity index (χ4n) is 1.28. The van der Waals surface area contributed by atoms with Gasteiger partial charge in [0, 0.05) is 6.92 Å². The van der Waals surface area contributed by atoms with Gasteiger partial charge in [-0.15, -0.1) is 0 Å².